The number of nitrogens with two attached hydrogens (primary N) is 1. The number of hydrogen-bond donors (Lipinski definition) is 4. The predicted octanol–water partition coefficient (Wildman–Crippen LogP) is -1.09. The molecule has 0 bridgehead atoms. The van der Waals surface area contributed by atoms with Crippen molar-refractivity contribution in [3.63, 3.8) is 0 Å². The molecule has 3 rings (SSSR count). The third-order valence-corrected chi connectivity index (χ3v) is 3.67. The van der Waals surface area contributed by atoms with Gasteiger partial charge >= 0.3 is 5.69 Å². The lowest BCUT2D eigenvalue weighted by atomic mass is 10.1. The van der Waals surface area contributed by atoms with E-state index in [0.29, 0.717) is 5.52 Å². The molecule has 0 radical (unpaired) electrons. The third-order valence-electron chi connectivity index (χ3n) is 3.67. The number of aromatic nitrogens is 2. The summed E-state index contributed by atoms with van der Waals surface area (Å²) < 4.78 is 6.72. The van der Waals surface area contributed by atoms with Crippen molar-refractivity contribution in [3.8, 4) is 0 Å². The first-order chi connectivity index (χ1) is 10.0. The molecule has 0 spiro atoms. The molecule has 1 aliphatic rings. The molecule has 0 aliphatic carbocycles. The summed E-state index contributed by atoms with van der Waals surface area (Å²) in [6.07, 6.45) is -2.27. The molecule has 8 nitrogen and oxygen atoms in total. The van der Waals surface area contributed by atoms with Gasteiger partial charge < -0.3 is 20.7 Å². The van der Waals surface area contributed by atoms with Crippen molar-refractivity contribution >= 4 is 16.6 Å². The van der Waals surface area contributed by atoms with Gasteiger partial charge in [-0.25, -0.2) is 4.79 Å². The molecule has 1 fully saturated rings. The summed E-state index contributed by atoms with van der Waals surface area (Å²) in [5, 5.41) is 19.1. The lowest BCUT2D eigenvalue weighted by Crippen LogP contribution is -2.33. The first-order valence-electron chi connectivity index (χ1n) is 6.50. The SMILES string of the molecule is Nc1cccc2c1c(=O)[nH]c(=O)n2[C@H]1C[C@H](O)[C@@H](CO)O1. The van der Waals surface area contributed by atoms with E-state index in [1.165, 1.54) is 4.57 Å². The lowest BCUT2D eigenvalue weighted by Gasteiger charge is -2.17. The highest BCUT2D eigenvalue weighted by atomic mass is 16.5. The van der Waals surface area contributed by atoms with Crippen molar-refractivity contribution in [3.05, 3.63) is 39.0 Å². The van der Waals surface area contributed by atoms with Crippen LogP contribution < -0.4 is 17.0 Å². The topological polar surface area (TPSA) is 131 Å². The molecule has 1 saturated heterocycles. The first kappa shape index (κ1) is 13.8. The van der Waals surface area contributed by atoms with Gasteiger partial charge in [-0.2, -0.15) is 0 Å². The van der Waals surface area contributed by atoms with Crippen molar-refractivity contribution < 1.29 is 14.9 Å². The maximum Gasteiger partial charge on any atom is 0.330 e. The van der Waals surface area contributed by atoms with E-state index >= 15 is 0 Å². The largest absolute Gasteiger partial charge is 0.398 e. The van der Waals surface area contributed by atoms with Gasteiger partial charge in [0.15, 0.2) is 0 Å². The fourth-order valence-electron chi connectivity index (χ4n) is 2.66. The van der Waals surface area contributed by atoms with Gasteiger partial charge in [-0.15, -0.1) is 0 Å². The number of fused-ring (bicyclic) bond motifs is 1. The monoisotopic (exact) mass is 293 g/mol. The van der Waals surface area contributed by atoms with E-state index in [0.717, 1.165) is 0 Å². The maximum absolute atomic E-state index is 12.1. The fourth-order valence-corrected chi connectivity index (χ4v) is 2.66. The molecule has 3 atom stereocenters. The predicted molar refractivity (Wildman–Crippen MR) is 74.9 cm³/mol. The van der Waals surface area contributed by atoms with Crippen molar-refractivity contribution in [1.82, 2.24) is 9.55 Å². The number of H-pyrrole nitrogens is 1. The molecular formula is C13H15N3O5. The van der Waals surface area contributed by atoms with Crippen LogP contribution in [0.2, 0.25) is 0 Å². The second kappa shape index (κ2) is 4.99. The van der Waals surface area contributed by atoms with Crippen LogP contribution in [0.4, 0.5) is 5.69 Å². The second-order valence-corrected chi connectivity index (χ2v) is 4.99. The Labute approximate surface area is 118 Å². The Morgan fingerprint density at radius 1 is 1.43 bits per heavy atom. The highest BCUT2D eigenvalue weighted by molar-refractivity contribution is 5.89. The van der Waals surface area contributed by atoms with E-state index in [9.17, 15) is 14.7 Å². The number of anilines is 1. The van der Waals surface area contributed by atoms with E-state index < -0.39 is 29.7 Å². The summed E-state index contributed by atoms with van der Waals surface area (Å²) >= 11 is 0. The van der Waals surface area contributed by atoms with E-state index in [4.69, 9.17) is 15.6 Å². The molecule has 21 heavy (non-hydrogen) atoms. The molecular weight excluding hydrogens is 278 g/mol. The Bertz CT molecular complexity index is 796. The van der Waals surface area contributed by atoms with Gasteiger partial charge in [0.05, 0.1) is 23.6 Å². The number of nitrogen functional groups attached to an aromatic ring is 1. The van der Waals surface area contributed by atoms with Gasteiger partial charge in [0.1, 0.15) is 12.3 Å². The Morgan fingerprint density at radius 2 is 2.19 bits per heavy atom. The molecule has 0 saturated carbocycles. The maximum atomic E-state index is 12.1. The molecule has 5 N–H and O–H groups in total. The molecule has 0 unspecified atom stereocenters. The lowest BCUT2D eigenvalue weighted by molar-refractivity contribution is -0.0443. The molecule has 0 amide bonds. The average Bonchev–Trinajstić information content (AvgIpc) is 2.79. The number of aromatic amines is 1. The van der Waals surface area contributed by atoms with Crippen molar-refractivity contribution in [1.29, 1.82) is 0 Å². The standard InChI is InChI=1S/C13H15N3O5/c14-6-2-1-3-7-11(6)12(19)15-13(20)16(7)10-4-8(18)9(5-17)21-10/h1-3,8-10,17-18H,4-5,14H2,(H,15,19,20)/t8-,9+,10+/m0/s1. The first-order valence-corrected chi connectivity index (χ1v) is 6.50. The van der Waals surface area contributed by atoms with Crippen LogP contribution in [-0.4, -0.2) is 38.6 Å². The molecule has 1 aromatic carbocycles. The summed E-state index contributed by atoms with van der Waals surface area (Å²) in [5.41, 5.74) is 5.16. The number of ether oxygens (including phenoxy) is 1. The number of rotatable bonds is 2. The smallest absolute Gasteiger partial charge is 0.330 e. The number of nitrogens with one attached hydrogen (secondary N) is 1. The minimum absolute atomic E-state index is 0.140. The van der Waals surface area contributed by atoms with Gasteiger partial charge in [-0.1, -0.05) is 6.07 Å². The molecule has 1 aliphatic heterocycles. The van der Waals surface area contributed by atoms with Crippen LogP contribution in [0.25, 0.3) is 10.9 Å². The van der Waals surface area contributed by atoms with Crippen LogP contribution in [0.5, 0.6) is 0 Å². The fraction of sp³-hybridized carbons (Fsp3) is 0.385. The second-order valence-electron chi connectivity index (χ2n) is 4.99. The summed E-state index contributed by atoms with van der Waals surface area (Å²) in [6, 6.07) is 4.78. The summed E-state index contributed by atoms with van der Waals surface area (Å²) in [6.45, 7) is -0.351. The van der Waals surface area contributed by atoms with E-state index in [2.05, 4.69) is 4.98 Å². The summed E-state index contributed by atoms with van der Waals surface area (Å²) in [4.78, 5) is 26.2. The van der Waals surface area contributed by atoms with Crippen LogP contribution in [0.1, 0.15) is 12.6 Å². The number of aliphatic hydroxyl groups excluding tert-OH is 2. The number of aliphatic hydroxyl groups is 2. The van der Waals surface area contributed by atoms with Crippen molar-refractivity contribution in [2.75, 3.05) is 12.3 Å². The van der Waals surface area contributed by atoms with E-state index in [1.54, 1.807) is 18.2 Å². The Kier molecular flexibility index (Phi) is 3.28. The van der Waals surface area contributed by atoms with Crippen LogP contribution >= 0.6 is 0 Å². The molecule has 112 valence electrons. The zero-order valence-electron chi connectivity index (χ0n) is 11.0. The van der Waals surface area contributed by atoms with Crippen molar-refractivity contribution in [2.24, 2.45) is 0 Å². The van der Waals surface area contributed by atoms with Gasteiger partial charge in [-0.3, -0.25) is 14.3 Å². The van der Waals surface area contributed by atoms with Gasteiger partial charge in [0.2, 0.25) is 0 Å². The Hall–Kier alpha value is -2.16. The molecule has 2 aromatic rings. The van der Waals surface area contributed by atoms with E-state index in [-0.39, 0.29) is 24.1 Å². The van der Waals surface area contributed by atoms with Crippen LogP contribution in [0.15, 0.2) is 27.8 Å². The third kappa shape index (κ3) is 2.13. The van der Waals surface area contributed by atoms with Gasteiger partial charge in [0, 0.05) is 12.1 Å². The Balaban J connectivity index is 2.22. The van der Waals surface area contributed by atoms with Gasteiger partial charge in [-0.05, 0) is 12.1 Å². The highest BCUT2D eigenvalue weighted by Gasteiger charge is 2.35. The molecule has 8 heteroatoms. The normalized spacial score (nSPS) is 25.5. The zero-order valence-corrected chi connectivity index (χ0v) is 11.0. The molecule has 1 aromatic heterocycles. The zero-order chi connectivity index (χ0) is 15.1. The Morgan fingerprint density at radius 3 is 2.86 bits per heavy atom. The van der Waals surface area contributed by atoms with Gasteiger partial charge in [0.25, 0.3) is 5.56 Å². The highest BCUT2D eigenvalue weighted by Crippen LogP contribution is 2.29. The van der Waals surface area contributed by atoms with Crippen molar-refractivity contribution in [2.45, 2.75) is 24.9 Å². The number of benzene rings is 1. The van der Waals surface area contributed by atoms with Crippen LogP contribution in [0, 0.1) is 0 Å². The molecule has 2 heterocycles. The quantitative estimate of drug-likeness (QED) is 0.521. The summed E-state index contributed by atoms with van der Waals surface area (Å²) in [7, 11) is 0. The minimum atomic E-state index is -0.880. The summed E-state index contributed by atoms with van der Waals surface area (Å²) in [5.74, 6) is 0. The van der Waals surface area contributed by atoms with E-state index in [1.807, 2.05) is 0 Å². The average molecular weight is 293 g/mol. The number of nitrogens with zero attached hydrogens (tertiary/aromatic N) is 1. The van der Waals surface area contributed by atoms with Crippen LogP contribution in [-0.2, 0) is 4.74 Å². The van der Waals surface area contributed by atoms with Crippen LogP contribution in [0.3, 0.4) is 0 Å². The minimum Gasteiger partial charge on any atom is -0.398 e. The number of hydrogen-bond acceptors (Lipinski definition) is 6.